The summed E-state index contributed by atoms with van der Waals surface area (Å²) in [5.74, 6) is 0.939. The summed E-state index contributed by atoms with van der Waals surface area (Å²) in [6.45, 7) is 9.90. The van der Waals surface area contributed by atoms with Gasteiger partial charge in [0, 0.05) is 32.2 Å². The molecule has 1 saturated heterocycles. The maximum absolute atomic E-state index is 3.76. The Hall–Kier alpha value is -0.120. The lowest BCUT2D eigenvalue weighted by Gasteiger charge is -2.32. The van der Waals surface area contributed by atoms with E-state index in [1.807, 2.05) is 0 Å². The average molecular weight is 253 g/mol. The Balaban J connectivity index is 1.50. The number of hydrogen-bond donors (Lipinski definition) is 1. The summed E-state index contributed by atoms with van der Waals surface area (Å²) in [6.07, 6.45) is 6.98. The van der Waals surface area contributed by atoms with Crippen LogP contribution < -0.4 is 5.32 Å². The maximum Gasteiger partial charge on any atom is 0.0110 e. The van der Waals surface area contributed by atoms with Gasteiger partial charge in [0.25, 0.3) is 0 Å². The molecule has 0 amide bonds. The number of likely N-dealkylation sites (N-methyl/N-ethyl adjacent to an activating group) is 1. The molecule has 106 valence electrons. The van der Waals surface area contributed by atoms with Crippen LogP contribution in [0.4, 0.5) is 0 Å². The van der Waals surface area contributed by atoms with Crippen molar-refractivity contribution in [3.63, 3.8) is 0 Å². The van der Waals surface area contributed by atoms with Crippen LogP contribution in [0.5, 0.6) is 0 Å². The zero-order chi connectivity index (χ0) is 12.8. The van der Waals surface area contributed by atoms with Gasteiger partial charge in [0.2, 0.25) is 0 Å². The maximum atomic E-state index is 3.76. The molecule has 0 bridgehead atoms. The van der Waals surface area contributed by atoms with Crippen molar-refractivity contribution in [1.82, 2.24) is 15.1 Å². The zero-order valence-corrected chi connectivity index (χ0v) is 12.3. The Morgan fingerprint density at radius 2 is 1.89 bits per heavy atom. The van der Waals surface area contributed by atoms with Gasteiger partial charge in [-0.2, -0.15) is 0 Å². The van der Waals surface area contributed by atoms with Crippen LogP contribution in [0.2, 0.25) is 0 Å². The van der Waals surface area contributed by atoms with Crippen LogP contribution in [0.1, 0.15) is 39.0 Å². The third-order valence-electron chi connectivity index (χ3n) is 4.62. The van der Waals surface area contributed by atoms with Crippen molar-refractivity contribution in [2.75, 3.05) is 46.3 Å². The molecular weight excluding hydrogens is 222 g/mol. The van der Waals surface area contributed by atoms with Gasteiger partial charge in [-0.1, -0.05) is 19.8 Å². The Bertz CT molecular complexity index is 224. The summed E-state index contributed by atoms with van der Waals surface area (Å²) < 4.78 is 0. The van der Waals surface area contributed by atoms with E-state index in [-0.39, 0.29) is 0 Å². The highest BCUT2D eigenvalue weighted by Crippen LogP contribution is 2.23. The molecule has 18 heavy (non-hydrogen) atoms. The van der Waals surface area contributed by atoms with Crippen LogP contribution in [0.25, 0.3) is 0 Å². The van der Waals surface area contributed by atoms with Gasteiger partial charge in [-0.3, -0.25) is 0 Å². The molecule has 3 nitrogen and oxygen atoms in total. The summed E-state index contributed by atoms with van der Waals surface area (Å²) in [6, 6.07) is 0.807. The van der Waals surface area contributed by atoms with Crippen molar-refractivity contribution < 1.29 is 0 Å². The van der Waals surface area contributed by atoms with Crippen LogP contribution in [-0.2, 0) is 0 Å². The largest absolute Gasteiger partial charge is 0.314 e. The Morgan fingerprint density at radius 3 is 2.61 bits per heavy atom. The molecular formula is C15H31N3. The van der Waals surface area contributed by atoms with E-state index in [4.69, 9.17) is 0 Å². The van der Waals surface area contributed by atoms with Crippen LogP contribution in [-0.4, -0.2) is 62.2 Å². The van der Waals surface area contributed by atoms with Crippen molar-refractivity contribution in [2.45, 2.75) is 45.1 Å². The minimum absolute atomic E-state index is 0.807. The minimum Gasteiger partial charge on any atom is -0.314 e. The minimum atomic E-state index is 0.807. The van der Waals surface area contributed by atoms with Crippen LogP contribution in [0.3, 0.4) is 0 Å². The molecule has 1 N–H and O–H groups in total. The van der Waals surface area contributed by atoms with Crippen LogP contribution in [0.15, 0.2) is 0 Å². The average Bonchev–Trinajstić information content (AvgIpc) is 2.37. The number of nitrogens with one attached hydrogen (secondary N) is 1. The number of piperazine rings is 1. The van der Waals surface area contributed by atoms with Gasteiger partial charge < -0.3 is 15.1 Å². The molecule has 1 aliphatic heterocycles. The first-order valence-electron chi connectivity index (χ1n) is 7.88. The van der Waals surface area contributed by atoms with Gasteiger partial charge in [0.15, 0.2) is 0 Å². The van der Waals surface area contributed by atoms with Gasteiger partial charge >= 0.3 is 0 Å². The second kappa shape index (κ2) is 7.46. The van der Waals surface area contributed by atoms with Gasteiger partial charge in [0.05, 0.1) is 0 Å². The van der Waals surface area contributed by atoms with Gasteiger partial charge in [-0.15, -0.1) is 0 Å². The highest BCUT2D eigenvalue weighted by molar-refractivity contribution is 4.76. The first-order chi connectivity index (χ1) is 8.74. The lowest BCUT2D eigenvalue weighted by Crippen LogP contribution is -2.45. The second-order valence-electron chi connectivity index (χ2n) is 6.42. The number of hydrogen-bond acceptors (Lipinski definition) is 3. The van der Waals surface area contributed by atoms with Crippen LogP contribution >= 0.6 is 0 Å². The van der Waals surface area contributed by atoms with E-state index < -0.39 is 0 Å². The fourth-order valence-corrected chi connectivity index (χ4v) is 3.30. The lowest BCUT2D eigenvalue weighted by molar-refractivity contribution is 0.152. The summed E-state index contributed by atoms with van der Waals surface area (Å²) in [4.78, 5) is 5.04. The molecule has 1 heterocycles. The van der Waals surface area contributed by atoms with E-state index in [0.29, 0.717) is 0 Å². The molecule has 2 rings (SSSR count). The first kappa shape index (κ1) is 14.3. The topological polar surface area (TPSA) is 18.5 Å². The number of rotatable bonds is 5. The molecule has 1 aliphatic carbocycles. The van der Waals surface area contributed by atoms with Gasteiger partial charge in [-0.05, 0) is 45.3 Å². The zero-order valence-electron chi connectivity index (χ0n) is 12.3. The van der Waals surface area contributed by atoms with Gasteiger partial charge in [0.1, 0.15) is 0 Å². The quantitative estimate of drug-likeness (QED) is 0.754. The number of nitrogens with zero attached hydrogens (tertiary/aromatic N) is 2. The fraction of sp³-hybridized carbons (Fsp3) is 1.00. The standard InChI is InChI=1S/C15H31N3/c1-14-5-3-6-15(13-14)16-7-4-8-18-11-9-17(2)10-12-18/h14-16H,3-13H2,1-2H3. The van der Waals surface area contributed by atoms with E-state index in [1.165, 1.54) is 71.4 Å². The summed E-state index contributed by atoms with van der Waals surface area (Å²) in [7, 11) is 2.23. The molecule has 0 aromatic heterocycles. The van der Waals surface area contributed by atoms with Crippen molar-refractivity contribution in [2.24, 2.45) is 5.92 Å². The molecule has 2 atom stereocenters. The molecule has 3 heteroatoms. The van der Waals surface area contributed by atoms with E-state index in [2.05, 4.69) is 29.1 Å². The first-order valence-corrected chi connectivity index (χ1v) is 7.88. The van der Waals surface area contributed by atoms with E-state index in [1.54, 1.807) is 0 Å². The predicted molar refractivity (Wildman–Crippen MR) is 78.0 cm³/mol. The van der Waals surface area contributed by atoms with E-state index in [0.717, 1.165) is 12.0 Å². The predicted octanol–water partition coefficient (Wildman–Crippen LogP) is 1.79. The molecule has 2 unspecified atom stereocenters. The molecule has 0 aromatic carbocycles. The monoisotopic (exact) mass is 253 g/mol. The molecule has 0 radical (unpaired) electrons. The molecule has 0 spiro atoms. The Morgan fingerprint density at radius 1 is 1.11 bits per heavy atom. The summed E-state index contributed by atoms with van der Waals surface area (Å²) in [5.41, 5.74) is 0. The molecule has 0 aromatic rings. The van der Waals surface area contributed by atoms with Crippen molar-refractivity contribution in [3.8, 4) is 0 Å². The summed E-state index contributed by atoms with van der Waals surface area (Å²) >= 11 is 0. The molecule has 2 fully saturated rings. The van der Waals surface area contributed by atoms with Gasteiger partial charge in [-0.25, -0.2) is 0 Å². The summed E-state index contributed by atoms with van der Waals surface area (Å²) in [5, 5.41) is 3.76. The normalized spacial score (nSPS) is 31.7. The molecule has 1 saturated carbocycles. The Labute approximate surface area is 113 Å². The lowest BCUT2D eigenvalue weighted by atomic mass is 9.87. The van der Waals surface area contributed by atoms with E-state index in [9.17, 15) is 0 Å². The third-order valence-corrected chi connectivity index (χ3v) is 4.62. The second-order valence-corrected chi connectivity index (χ2v) is 6.42. The highest BCUT2D eigenvalue weighted by atomic mass is 15.2. The smallest absolute Gasteiger partial charge is 0.0110 e. The highest BCUT2D eigenvalue weighted by Gasteiger charge is 2.18. The molecule has 2 aliphatic rings. The third kappa shape index (κ3) is 4.87. The fourth-order valence-electron chi connectivity index (χ4n) is 3.30. The van der Waals surface area contributed by atoms with E-state index >= 15 is 0 Å². The SMILES string of the molecule is CC1CCCC(NCCCN2CCN(C)CC2)C1. The van der Waals surface area contributed by atoms with Crippen LogP contribution in [0, 0.1) is 5.92 Å². The Kier molecular flexibility index (Phi) is 5.93. The van der Waals surface area contributed by atoms with Crippen molar-refractivity contribution in [3.05, 3.63) is 0 Å². The van der Waals surface area contributed by atoms with Crippen molar-refractivity contribution in [1.29, 1.82) is 0 Å². The van der Waals surface area contributed by atoms with Crippen molar-refractivity contribution >= 4 is 0 Å².